The molecule has 2 aromatic rings. The number of anilines is 1. The van der Waals surface area contributed by atoms with Crippen LogP contribution in [0.3, 0.4) is 0 Å². The van der Waals surface area contributed by atoms with Crippen molar-refractivity contribution in [1.29, 1.82) is 0 Å². The first kappa shape index (κ1) is 16.3. The van der Waals surface area contributed by atoms with Crippen LogP contribution in [0.15, 0.2) is 34.1 Å². The summed E-state index contributed by atoms with van der Waals surface area (Å²) in [5, 5.41) is 3.13. The van der Waals surface area contributed by atoms with Gasteiger partial charge < -0.3 is 11.1 Å². The lowest BCUT2D eigenvalue weighted by molar-refractivity contribution is 0.0937. The smallest absolute Gasteiger partial charge is 0.261 e. The highest BCUT2D eigenvalue weighted by atomic mass is 79.9. The molecule has 1 aliphatic rings. The Kier molecular flexibility index (Phi) is 5.30. The lowest BCUT2D eigenvalue weighted by Gasteiger charge is -2.26. The van der Waals surface area contributed by atoms with Gasteiger partial charge in [-0.2, -0.15) is 0 Å². The summed E-state index contributed by atoms with van der Waals surface area (Å²) in [6, 6.07) is 9.80. The Morgan fingerprint density at radius 3 is 2.86 bits per heavy atom. The highest BCUT2D eigenvalue weighted by Crippen LogP contribution is 2.31. The van der Waals surface area contributed by atoms with Gasteiger partial charge in [0.25, 0.3) is 5.91 Å². The van der Waals surface area contributed by atoms with Crippen LogP contribution >= 0.6 is 39.7 Å². The molecule has 0 fully saturated rings. The first-order chi connectivity index (χ1) is 9.63. The standard InChI is InChI=1S/C15H15BrN2OS.ClH/c16-14-7-6-13(20-14)15(19)18-12-3-1-2-9-8-10(17)4-5-11(9)12;/h4-8,12H,1-3,17H2,(H,18,19);1H. The number of aryl methyl sites for hydroxylation is 1. The second-order valence-corrected chi connectivity index (χ2v) is 7.44. The Bertz CT molecular complexity index is 659. The molecule has 3 rings (SSSR count). The summed E-state index contributed by atoms with van der Waals surface area (Å²) in [6.07, 6.45) is 3.10. The van der Waals surface area contributed by atoms with Crippen LogP contribution in [-0.2, 0) is 6.42 Å². The molecule has 1 unspecified atom stereocenters. The Morgan fingerprint density at radius 1 is 1.33 bits per heavy atom. The molecule has 1 aromatic carbocycles. The fourth-order valence-corrected chi connectivity index (χ4v) is 3.94. The zero-order chi connectivity index (χ0) is 14.1. The van der Waals surface area contributed by atoms with Crippen LogP contribution in [0.1, 0.15) is 39.7 Å². The van der Waals surface area contributed by atoms with Crippen LogP contribution in [0.5, 0.6) is 0 Å². The largest absolute Gasteiger partial charge is 0.399 e. The number of hydrogen-bond acceptors (Lipinski definition) is 3. The molecule has 1 heterocycles. The highest BCUT2D eigenvalue weighted by Gasteiger charge is 2.22. The zero-order valence-corrected chi connectivity index (χ0v) is 14.5. The maximum Gasteiger partial charge on any atom is 0.261 e. The van der Waals surface area contributed by atoms with E-state index in [1.165, 1.54) is 22.5 Å². The van der Waals surface area contributed by atoms with Gasteiger partial charge in [0.1, 0.15) is 0 Å². The summed E-state index contributed by atoms with van der Waals surface area (Å²) in [7, 11) is 0. The van der Waals surface area contributed by atoms with Crippen molar-refractivity contribution in [1.82, 2.24) is 5.32 Å². The molecule has 6 heteroatoms. The molecule has 112 valence electrons. The Morgan fingerprint density at radius 2 is 2.14 bits per heavy atom. The van der Waals surface area contributed by atoms with Crippen LogP contribution in [0.2, 0.25) is 0 Å². The number of thiophene rings is 1. The maximum absolute atomic E-state index is 12.3. The van der Waals surface area contributed by atoms with Gasteiger partial charge in [0.15, 0.2) is 0 Å². The number of amides is 1. The number of nitrogens with one attached hydrogen (secondary N) is 1. The molecule has 3 nitrogen and oxygen atoms in total. The second kappa shape index (κ2) is 6.81. The summed E-state index contributed by atoms with van der Waals surface area (Å²) in [4.78, 5) is 13.0. The predicted molar refractivity (Wildman–Crippen MR) is 93.3 cm³/mol. The average molecular weight is 388 g/mol. The van der Waals surface area contributed by atoms with Crippen molar-refractivity contribution < 1.29 is 4.79 Å². The number of rotatable bonds is 2. The minimum Gasteiger partial charge on any atom is -0.399 e. The van der Waals surface area contributed by atoms with Crippen molar-refractivity contribution in [2.24, 2.45) is 0 Å². The van der Waals surface area contributed by atoms with Crippen LogP contribution in [0, 0.1) is 0 Å². The van der Waals surface area contributed by atoms with Crippen LogP contribution < -0.4 is 11.1 Å². The average Bonchev–Trinajstić information content (AvgIpc) is 2.85. The van der Waals surface area contributed by atoms with E-state index in [-0.39, 0.29) is 24.4 Å². The van der Waals surface area contributed by atoms with E-state index in [0.717, 1.165) is 33.6 Å². The van der Waals surface area contributed by atoms with Crippen molar-refractivity contribution >= 4 is 51.3 Å². The third kappa shape index (κ3) is 3.59. The molecule has 1 atom stereocenters. The minimum absolute atomic E-state index is 0. The normalized spacial score (nSPS) is 16.7. The quantitative estimate of drug-likeness (QED) is 0.754. The van der Waals surface area contributed by atoms with Gasteiger partial charge in [-0.05, 0) is 70.6 Å². The Labute approximate surface area is 142 Å². The number of benzene rings is 1. The third-order valence-electron chi connectivity index (χ3n) is 3.58. The van der Waals surface area contributed by atoms with Crippen molar-refractivity contribution in [3.05, 3.63) is 50.1 Å². The number of nitrogens with two attached hydrogens (primary N) is 1. The minimum atomic E-state index is -0.00428. The number of carbonyl (C=O) groups excluding carboxylic acids is 1. The summed E-state index contributed by atoms with van der Waals surface area (Å²) in [5.41, 5.74) is 9.08. The zero-order valence-electron chi connectivity index (χ0n) is 11.3. The van der Waals surface area contributed by atoms with E-state index >= 15 is 0 Å². The van der Waals surface area contributed by atoms with E-state index in [2.05, 4.69) is 21.2 Å². The fraction of sp³-hybridized carbons (Fsp3) is 0.267. The fourth-order valence-electron chi connectivity index (χ4n) is 2.65. The molecule has 1 aliphatic carbocycles. The number of nitrogen functional groups attached to an aromatic ring is 1. The third-order valence-corrected chi connectivity index (χ3v) is 5.21. The molecule has 0 spiro atoms. The second-order valence-electron chi connectivity index (χ2n) is 4.98. The topological polar surface area (TPSA) is 55.1 Å². The van der Waals surface area contributed by atoms with Gasteiger partial charge in [0, 0.05) is 5.69 Å². The van der Waals surface area contributed by atoms with E-state index in [4.69, 9.17) is 5.73 Å². The molecule has 21 heavy (non-hydrogen) atoms. The molecular formula is C15H16BrClN2OS. The molecule has 0 bridgehead atoms. The van der Waals surface area contributed by atoms with Crippen LogP contribution in [-0.4, -0.2) is 5.91 Å². The van der Waals surface area contributed by atoms with Gasteiger partial charge >= 0.3 is 0 Å². The first-order valence-electron chi connectivity index (χ1n) is 6.58. The number of hydrogen-bond donors (Lipinski definition) is 2. The summed E-state index contributed by atoms with van der Waals surface area (Å²) in [5.74, 6) is -0.00428. The van der Waals surface area contributed by atoms with E-state index < -0.39 is 0 Å². The number of carbonyl (C=O) groups is 1. The van der Waals surface area contributed by atoms with Gasteiger partial charge in [-0.1, -0.05) is 6.07 Å². The maximum atomic E-state index is 12.3. The summed E-state index contributed by atoms with van der Waals surface area (Å²) in [6.45, 7) is 0. The van der Waals surface area contributed by atoms with Gasteiger partial charge in [0.2, 0.25) is 0 Å². The molecular weight excluding hydrogens is 372 g/mol. The molecule has 0 aliphatic heterocycles. The van der Waals surface area contributed by atoms with E-state index in [1.54, 1.807) is 0 Å². The van der Waals surface area contributed by atoms with Gasteiger partial charge in [-0.3, -0.25) is 4.79 Å². The lowest BCUT2D eigenvalue weighted by Crippen LogP contribution is -2.30. The summed E-state index contributed by atoms with van der Waals surface area (Å²) < 4.78 is 0.972. The first-order valence-corrected chi connectivity index (χ1v) is 8.19. The van der Waals surface area contributed by atoms with Gasteiger partial charge in [0.05, 0.1) is 14.7 Å². The van der Waals surface area contributed by atoms with E-state index in [0.29, 0.717) is 0 Å². The lowest BCUT2D eigenvalue weighted by atomic mass is 9.87. The monoisotopic (exact) mass is 386 g/mol. The van der Waals surface area contributed by atoms with Gasteiger partial charge in [-0.15, -0.1) is 23.7 Å². The molecule has 0 saturated carbocycles. The molecule has 0 radical (unpaired) electrons. The molecule has 3 N–H and O–H groups in total. The van der Waals surface area contributed by atoms with Crippen LogP contribution in [0.25, 0.3) is 0 Å². The van der Waals surface area contributed by atoms with Crippen molar-refractivity contribution in [2.75, 3.05) is 5.73 Å². The van der Waals surface area contributed by atoms with Crippen LogP contribution in [0.4, 0.5) is 5.69 Å². The SMILES string of the molecule is Cl.Nc1ccc2c(c1)CCCC2NC(=O)c1ccc(Br)s1. The van der Waals surface area contributed by atoms with E-state index in [1.807, 2.05) is 30.3 Å². The Balaban J connectivity index is 0.00000161. The Hall–Kier alpha value is -1.04. The van der Waals surface area contributed by atoms with Crippen molar-refractivity contribution in [3.63, 3.8) is 0 Å². The highest BCUT2D eigenvalue weighted by molar-refractivity contribution is 9.11. The number of fused-ring (bicyclic) bond motifs is 1. The molecule has 1 amide bonds. The molecule has 1 aromatic heterocycles. The van der Waals surface area contributed by atoms with Crippen molar-refractivity contribution in [3.8, 4) is 0 Å². The molecule has 0 saturated heterocycles. The predicted octanol–water partition coefficient (Wildman–Crippen LogP) is 4.32. The summed E-state index contributed by atoms with van der Waals surface area (Å²) >= 11 is 4.84. The van der Waals surface area contributed by atoms with E-state index in [9.17, 15) is 4.79 Å². The van der Waals surface area contributed by atoms with Crippen molar-refractivity contribution in [2.45, 2.75) is 25.3 Å². The van der Waals surface area contributed by atoms with Gasteiger partial charge in [-0.25, -0.2) is 0 Å². The number of halogens is 2.